The first kappa shape index (κ1) is 18.5. The number of ether oxygens (including phenoxy) is 1. The van der Waals surface area contributed by atoms with E-state index in [2.05, 4.69) is 4.98 Å². The van der Waals surface area contributed by atoms with Crippen LogP contribution in [-0.4, -0.2) is 4.98 Å². The molecule has 0 amide bonds. The Labute approximate surface area is 171 Å². The zero-order valence-corrected chi connectivity index (χ0v) is 16.1. The van der Waals surface area contributed by atoms with Crippen molar-refractivity contribution in [2.24, 2.45) is 0 Å². The molecular formula is C22H15Cl2FN2O. The minimum absolute atomic E-state index is 0.0818. The summed E-state index contributed by atoms with van der Waals surface area (Å²) in [7, 11) is 0. The molecular weight excluding hydrogens is 398 g/mol. The molecule has 0 saturated carbocycles. The second-order valence-corrected chi connectivity index (χ2v) is 7.17. The van der Waals surface area contributed by atoms with Crippen molar-refractivity contribution in [3.63, 3.8) is 0 Å². The summed E-state index contributed by atoms with van der Waals surface area (Å²) in [5, 5.41) is 2.39. The lowest BCUT2D eigenvalue weighted by Gasteiger charge is -2.15. The third kappa shape index (κ3) is 3.75. The largest absolute Gasteiger partial charge is 0.453 e. The smallest absolute Gasteiger partial charge is 0.157 e. The van der Waals surface area contributed by atoms with Crippen molar-refractivity contribution in [2.75, 3.05) is 5.73 Å². The molecule has 0 aliphatic carbocycles. The number of nitrogen functional groups attached to an aromatic ring is 1. The maximum atomic E-state index is 13.9. The average molecular weight is 413 g/mol. The molecule has 0 unspecified atom stereocenters. The fraction of sp³-hybridized carbons (Fsp3) is 0.0455. The SMILES string of the molecule is Nc1ccc(Cl)cc1Oc1c(Cc2ccc(Cl)c(F)c2)ncc2ccccc12. The number of halogens is 3. The van der Waals surface area contributed by atoms with Gasteiger partial charge < -0.3 is 10.5 Å². The van der Waals surface area contributed by atoms with Crippen molar-refractivity contribution in [1.82, 2.24) is 4.98 Å². The van der Waals surface area contributed by atoms with E-state index in [9.17, 15) is 4.39 Å². The molecule has 0 radical (unpaired) electrons. The number of fused-ring (bicyclic) bond motifs is 1. The molecule has 140 valence electrons. The van der Waals surface area contributed by atoms with Gasteiger partial charge in [-0.2, -0.15) is 0 Å². The summed E-state index contributed by atoms with van der Waals surface area (Å²) in [6.45, 7) is 0. The Bertz CT molecular complexity index is 1180. The number of rotatable bonds is 4. The highest BCUT2D eigenvalue weighted by Crippen LogP contribution is 2.37. The molecule has 3 nitrogen and oxygen atoms in total. The van der Waals surface area contributed by atoms with E-state index in [-0.39, 0.29) is 5.02 Å². The van der Waals surface area contributed by atoms with Crippen molar-refractivity contribution < 1.29 is 9.13 Å². The second-order valence-electron chi connectivity index (χ2n) is 6.33. The molecule has 0 atom stereocenters. The van der Waals surface area contributed by atoms with E-state index in [0.717, 1.165) is 16.3 Å². The predicted octanol–water partition coefficient (Wildman–Crippen LogP) is 6.65. The third-order valence-corrected chi connectivity index (χ3v) is 4.91. The van der Waals surface area contributed by atoms with E-state index in [1.165, 1.54) is 12.1 Å². The van der Waals surface area contributed by atoms with Gasteiger partial charge in [0, 0.05) is 34.5 Å². The summed E-state index contributed by atoms with van der Waals surface area (Å²) in [6.07, 6.45) is 2.14. The maximum absolute atomic E-state index is 13.9. The van der Waals surface area contributed by atoms with Crippen molar-refractivity contribution in [3.8, 4) is 11.5 Å². The summed E-state index contributed by atoms with van der Waals surface area (Å²) < 4.78 is 20.0. The number of hydrogen-bond donors (Lipinski definition) is 1. The van der Waals surface area contributed by atoms with Crippen LogP contribution in [-0.2, 0) is 6.42 Å². The topological polar surface area (TPSA) is 48.1 Å². The van der Waals surface area contributed by atoms with Gasteiger partial charge >= 0.3 is 0 Å². The van der Waals surface area contributed by atoms with E-state index in [4.69, 9.17) is 33.7 Å². The van der Waals surface area contributed by atoms with E-state index in [0.29, 0.717) is 34.3 Å². The fourth-order valence-corrected chi connectivity index (χ4v) is 3.25. The second kappa shape index (κ2) is 7.66. The van der Waals surface area contributed by atoms with E-state index < -0.39 is 5.82 Å². The minimum Gasteiger partial charge on any atom is -0.453 e. The molecule has 28 heavy (non-hydrogen) atoms. The lowest BCUT2D eigenvalue weighted by molar-refractivity contribution is 0.482. The Morgan fingerprint density at radius 3 is 2.64 bits per heavy atom. The van der Waals surface area contributed by atoms with Gasteiger partial charge in [-0.3, -0.25) is 4.98 Å². The van der Waals surface area contributed by atoms with Gasteiger partial charge in [0.15, 0.2) is 11.5 Å². The molecule has 6 heteroatoms. The van der Waals surface area contributed by atoms with Crippen molar-refractivity contribution >= 4 is 39.7 Å². The Hall–Kier alpha value is -2.82. The van der Waals surface area contributed by atoms with E-state index in [1.54, 1.807) is 30.5 Å². The summed E-state index contributed by atoms with van der Waals surface area (Å²) in [5.74, 6) is 0.526. The van der Waals surface area contributed by atoms with Crippen LogP contribution < -0.4 is 10.5 Å². The average Bonchev–Trinajstić information content (AvgIpc) is 2.69. The number of anilines is 1. The highest BCUT2D eigenvalue weighted by molar-refractivity contribution is 6.31. The van der Waals surface area contributed by atoms with Gasteiger partial charge in [-0.25, -0.2) is 4.39 Å². The number of benzene rings is 3. The van der Waals surface area contributed by atoms with Crippen LogP contribution in [0, 0.1) is 5.82 Å². The fourth-order valence-electron chi connectivity index (χ4n) is 2.97. The van der Waals surface area contributed by atoms with Crippen LogP contribution in [0.1, 0.15) is 11.3 Å². The Morgan fingerprint density at radius 2 is 1.82 bits per heavy atom. The predicted molar refractivity (Wildman–Crippen MR) is 112 cm³/mol. The van der Waals surface area contributed by atoms with Gasteiger partial charge in [0.2, 0.25) is 0 Å². The molecule has 0 aliphatic rings. The zero-order chi connectivity index (χ0) is 19.7. The molecule has 0 spiro atoms. The van der Waals surface area contributed by atoms with Crippen molar-refractivity contribution in [1.29, 1.82) is 0 Å². The molecule has 4 aromatic rings. The van der Waals surface area contributed by atoms with Crippen LogP contribution in [0.5, 0.6) is 11.5 Å². The molecule has 1 heterocycles. The standard InChI is InChI=1S/C22H15Cl2FN2O/c23-15-6-8-19(26)21(11-15)28-22-16-4-2-1-3-14(16)12-27-20(22)10-13-5-7-17(24)18(25)9-13/h1-9,11-12H,10,26H2. The van der Waals surface area contributed by atoms with E-state index in [1.807, 2.05) is 24.3 Å². The normalized spacial score (nSPS) is 11.0. The van der Waals surface area contributed by atoms with Crippen LogP contribution in [0.2, 0.25) is 10.0 Å². The Kier molecular flexibility index (Phi) is 5.07. The minimum atomic E-state index is -0.471. The number of nitrogens with two attached hydrogens (primary N) is 1. The van der Waals surface area contributed by atoms with Crippen LogP contribution in [0.3, 0.4) is 0 Å². The summed E-state index contributed by atoms with van der Waals surface area (Å²) >= 11 is 11.9. The molecule has 1 aromatic heterocycles. The van der Waals surface area contributed by atoms with Gasteiger partial charge in [0.05, 0.1) is 16.4 Å². The highest BCUT2D eigenvalue weighted by atomic mass is 35.5. The molecule has 0 bridgehead atoms. The monoisotopic (exact) mass is 412 g/mol. The van der Waals surface area contributed by atoms with Gasteiger partial charge in [-0.05, 0) is 29.8 Å². The van der Waals surface area contributed by atoms with Gasteiger partial charge in [-0.1, -0.05) is 53.5 Å². The lowest BCUT2D eigenvalue weighted by Crippen LogP contribution is -2.00. The highest BCUT2D eigenvalue weighted by Gasteiger charge is 2.15. The van der Waals surface area contributed by atoms with E-state index >= 15 is 0 Å². The maximum Gasteiger partial charge on any atom is 0.157 e. The van der Waals surface area contributed by atoms with Crippen LogP contribution in [0.4, 0.5) is 10.1 Å². The first-order valence-corrected chi connectivity index (χ1v) is 9.30. The summed E-state index contributed by atoms with van der Waals surface area (Å²) in [5.41, 5.74) is 7.89. The number of hydrogen-bond acceptors (Lipinski definition) is 3. The molecule has 3 aromatic carbocycles. The van der Waals surface area contributed by atoms with Crippen molar-refractivity contribution in [2.45, 2.75) is 6.42 Å². The third-order valence-electron chi connectivity index (χ3n) is 4.37. The Balaban J connectivity index is 1.83. The molecule has 0 fully saturated rings. The molecule has 4 rings (SSSR count). The summed E-state index contributed by atoms with van der Waals surface area (Å²) in [4.78, 5) is 4.55. The lowest BCUT2D eigenvalue weighted by atomic mass is 10.0. The number of nitrogens with zero attached hydrogens (tertiary/aromatic N) is 1. The van der Waals surface area contributed by atoms with Crippen molar-refractivity contribution in [3.05, 3.63) is 94.0 Å². The first-order valence-electron chi connectivity index (χ1n) is 8.54. The van der Waals surface area contributed by atoms with Gasteiger partial charge in [-0.15, -0.1) is 0 Å². The van der Waals surface area contributed by atoms with Crippen LogP contribution >= 0.6 is 23.2 Å². The quantitative estimate of drug-likeness (QED) is 0.381. The number of pyridine rings is 1. The Morgan fingerprint density at radius 1 is 1.00 bits per heavy atom. The van der Waals surface area contributed by atoms with Gasteiger partial charge in [0.25, 0.3) is 0 Å². The first-order chi connectivity index (χ1) is 13.5. The van der Waals surface area contributed by atoms with Crippen LogP contribution in [0.15, 0.2) is 66.9 Å². The number of aromatic nitrogens is 1. The van der Waals surface area contributed by atoms with Gasteiger partial charge in [0.1, 0.15) is 5.82 Å². The summed E-state index contributed by atoms with van der Waals surface area (Å²) in [6, 6.07) is 17.5. The molecule has 2 N–H and O–H groups in total. The zero-order valence-electron chi connectivity index (χ0n) is 14.6. The molecule has 0 saturated heterocycles. The molecule has 0 aliphatic heterocycles. The van der Waals surface area contributed by atoms with Crippen LogP contribution in [0.25, 0.3) is 10.8 Å².